The summed E-state index contributed by atoms with van der Waals surface area (Å²) in [5.41, 5.74) is 5.52. The zero-order valence-corrected chi connectivity index (χ0v) is 14.0. The number of carbonyl (C=O) groups is 2. The Bertz CT molecular complexity index is 772. The number of methoxy groups -OCH3 is 1. The summed E-state index contributed by atoms with van der Waals surface area (Å²) in [6.45, 7) is 0. The summed E-state index contributed by atoms with van der Waals surface area (Å²) >= 11 is 0. The number of esters is 1. The molecule has 5 nitrogen and oxygen atoms in total. The largest absolute Gasteiger partial charge is 0.468 e. The first kappa shape index (κ1) is 16.9. The van der Waals surface area contributed by atoms with Crippen LogP contribution in [-0.2, 0) is 14.3 Å². The quantitative estimate of drug-likeness (QED) is 0.528. The Hall–Kier alpha value is -2.95. The summed E-state index contributed by atoms with van der Waals surface area (Å²) in [5.74, 6) is -1.66. The lowest BCUT2D eigenvalue weighted by Crippen LogP contribution is -2.38. The molecule has 0 spiro atoms. The van der Waals surface area contributed by atoms with E-state index in [1.54, 1.807) is 0 Å². The van der Waals surface area contributed by atoms with E-state index in [9.17, 15) is 9.59 Å². The van der Waals surface area contributed by atoms with Crippen LogP contribution in [0.3, 0.4) is 0 Å². The van der Waals surface area contributed by atoms with Crippen LogP contribution in [0.15, 0.2) is 65.8 Å². The summed E-state index contributed by atoms with van der Waals surface area (Å²) in [5, 5.41) is 4.39. The first-order valence-corrected chi connectivity index (χ1v) is 8.21. The third kappa shape index (κ3) is 3.94. The molecule has 1 saturated carbocycles. The number of hydrazone groups is 1. The van der Waals surface area contributed by atoms with Crippen LogP contribution in [-0.4, -0.2) is 24.6 Å². The SMILES string of the molecule is COC(=O)[C@@H]1C(=O)C/C(=N\Nc2ccccc2)C[C@H]1c1ccccc1. The van der Waals surface area contributed by atoms with Crippen molar-refractivity contribution in [2.75, 3.05) is 12.5 Å². The fraction of sp³-hybridized carbons (Fsp3) is 0.250. The number of nitrogens with one attached hydrogen (secondary N) is 1. The van der Waals surface area contributed by atoms with Gasteiger partial charge in [-0.3, -0.25) is 15.0 Å². The molecule has 1 aliphatic carbocycles. The van der Waals surface area contributed by atoms with Crippen molar-refractivity contribution in [3.63, 3.8) is 0 Å². The van der Waals surface area contributed by atoms with Crippen molar-refractivity contribution in [1.29, 1.82) is 0 Å². The van der Waals surface area contributed by atoms with Crippen LogP contribution in [0.2, 0.25) is 0 Å². The van der Waals surface area contributed by atoms with Gasteiger partial charge in [0.25, 0.3) is 0 Å². The molecule has 0 heterocycles. The number of anilines is 1. The van der Waals surface area contributed by atoms with E-state index in [1.165, 1.54) is 7.11 Å². The zero-order valence-electron chi connectivity index (χ0n) is 14.0. The van der Waals surface area contributed by atoms with E-state index in [2.05, 4.69) is 10.5 Å². The molecular weight excluding hydrogens is 316 g/mol. The normalized spacial score (nSPS) is 21.8. The van der Waals surface area contributed by atoms with Gasteiger partial charge in [0.05, 0.1) is 12.8 Å². The van der Waals surface area contributed by atoms with Gasteiger partial charge >= 0.3 is 5.97 Å². The molecule has 0 radical (unpaired) electrons. The van der Waals surface area contributed by atoms with Crippen LogP contribution in [0.4, 0.5) is 5.69 Å². The average Bonchev–Trinajstić information content (AvgIpc) is 2.67. The van der Waals surface area contributed by atoms with Gasteiger partial charge in [-0.25, -0.2) is 0 Å². The molecule has 3 rings (SSSR count). The maximum atomic E-state index is 12.6. The highest BCUT2D eigenvalue weighted by Crippen LogP contribution is 2.35. The Morgan fingerprint density at radius 1 is 1.08 bits per heavy atom. The lowest BCUT2D eigenvalue weighted by molar-refractivity contribution is -0.150. The summed E-state index contributed by atoms with van der Waals surface area (Å²) in [6, 6.07) is 19.1. The Labute approximate surface area is 146 Å². The summed E-state index contributed by atoms with van der Waals surface area (Å²) < 4.78 is 4.86. The van der Waals surface area contributed by atoms with Gasteiger partial charge < -0.3 is 4.74 Å². The van der Waals surface area contributed by atoms with Crippen molar-refractivity contribution in [3.05, 3.63) is 66.2 Å². The highest BCUT2D eigenvalue weighted by atomic mass is 16.5. The van der Waals surface area contributed by atoms with E-state index < -0.39 is 11.9 Å². The molecule has 0 unspecified atom stereocenters. The smallest absolute Gasteiger partial charge is 0.316 e. The number of hydrogen-bond donors (Lipinski definition) is 1. The van der Waals surface area contributed by atoms with E-state index in [1.807, 2.05) is 60.7 Å². The molecule has 1 N–H and O–H groups in total. The maximum Gasteiger partial charge on any atom is 0.316 e. The molecule has 128 valence electrons. The Balaban J connectivity index is 1.85. The highest BCUT2D eigenvalue weighted by molar-refractivity contribution is 6.13. The fourth-order valence-electron chi connectivity index (χ4n) is 3.15. The number of hydrogen-bond acceptors (Lipinski definition) is 5. The van der Waals surface area contributed by atoms with E-state index >= 15 is 0 Å². The number of Topliss-reactive ketones (excluding diaryl/α,β-unsaturated/α-hetero) is 1. The van der Waals surface area contributed by atoms with Crippen LogP contribution in [0.5, 0.6) is 0 Å². The highest BCUT2D eigenvalue weighted by Gasteiger charge is 2.41. The van der Waals surface area contributed by atoms with Crippen LogP contribution < -0.4 is 5.43 Å². The minimum atomic E-state index is -0.775. The van der Waals surface area contributed by atoms with Crippen molar-refractivity contribution in [2.45, 2.75) is 18.8 Å². The van der Waals surface area contributed by atoms with Gasteiger partial charge in [-0.05, 0) is 24.1 Å². The van der Waals surface area contributed by atoms with Gasteiger partial charge in [0, 0.05) is 18.1 Å². The number of rotatable bonds is 4. The standard InChI is InChI=1S/C20H20N2O3/c1-25-20(24)19-17(14-8-4-2-5-9-14)12-16(13-18(19)23)22-21-15-10-6-3-7-11-15/h2-11,17,19,21H,12-13H2,1H3/b22-16-/t17-,19-/m0/s1. The van der Waals surface area contributed by atoms with E-state index in [4.69, 9.17) is 4.74 Å². The number of carbonyl (C=O) groups excluding carboxylic acids is 2. The minimum Gasteiger partial charge on any atom is -0.468 e. The van der Waals surface area contributed by atoms with Gasteiger partial charge in [-0.15, -0.1) is 0 Å². The lowest BCUT2D eigenvalue weighted by Gasteiger charge is -2.29. The van der Waals surface area contributed by atoms with E-state index in [-0.39, 0.29) is 18.1 Å². The van der Waals surface area contributed by atoms with Gasteiger partial charge in [0.15, 0.2) is 5.78 Å². The fourth-order valence-corrected chi connectivity index (χ4v) is 3.15. The second-order valence-corrected chi connectivity index (χ2v) is 6.02. The summed E-state index contributed by atoms with van der Waals surface area (Å²) in [7, 11) is 1.32. The van der Waals surface area contributed by atoms with Gasteiger partial charge in [0.1, 0.15) is 5.92 Å². The van der Waals surface area contributed by atoms with Crippen LogP contribution >= 0.6 is 0 Å². The number of ether oxygens (including phenoxy) is 1. The molecule has 2 atom stereocenters. The molecule has 5 heteroatoms. The second kappa shape index (κ2) is 7.75. The lowest BCUT2D eigenvalue weighted by atomic mass is 9.74. The molecule has 0 aliphatic heterocycles. The monoisotopic (exact) mass is 336 g/mol. The third-order valence-electron chi connectivity index (χ3n) is 4.38. The Kier molecular flexibility index (Phi) is 5.23. The first-order valence-electron chi connectivity index (χ1n) is 8.21. The molecule has 1 fully saturated rings. The first-order chi connectivity index (χ1) is 12.2. The summed E-state index contributed by atoms with van der Waals surface area (Å²) in [4.78, 5) is 24.7. The van der Waals surface area contributed by atoms with Crippen molar-refractivity contribution in [3.8, 4) is 0 Å². The zero-order chi connectivity index (χ0) is 17.6. The second-order valence-electron chi connectivity index (χ2n) is 6.02. The van der Waals surface area contributed by atoms with Gasteiger partial charge in [-0.2, -0.15) is 5.10 Å². The van der Waals surface area contributed by atoms with Crippen LogP contribution in [0.25, 0.3) is 0 Å². The number of nitrogens with zero attached hydrogens (tertiary/aromatic N) is 1. The topological polar surface area (TPSA) is 67.8 Å². The van der Waals surface area contributed by atoms with Crippen LogP contribution in [0, 0.1) is 5.92 Å². The minimum absolute atomic E-state index is 0.152. The predicted molar refractivity (Wildman–Crippen MR) is 96.4 cm³/mol. The average molecular weight is 336 g/mol. The molecule has 0 amide bonds. The molecule has 1 aliphatic rings. The van der Waals surface area contributed by atoms with Crippen molar-refractivity contribution >= 4 is 23.2 Å². The summed E-state index contributed by atoms with van der Waals surface area (Å²) in [6.07, 6.45) is 0.693. The van der Waals surface area contributed by atoms with E-state index in [0.717, 1.165) is 17.0 Å². The van der Waals surface area contributed by atoms with Gasteiger partial charge in [0.2, 0.25) is 0 Å². The molecule has 25 heavy (non-hydrogen) atoms. The molecule has 0 bridgehead atoms. The number of ketones is 1. The maximum absolute atomic E-state index is 12.6. The van der Waals surface area contributed by atoms with Crippen LogP contribution in [0.1, 0.15) is 24.3 Å². The van der Waals surface area contributed by atoms with Crippen molar-refractivity contribution in [2.24, 2.45) is 11.0 Å². The molecule has 2 aromatic rings. The van der Waals surface area contributed by atoms with Crippen molar-refractivity contribution in [1.82, 2.24) is 0 Å². The number of benzene rings is 2. The molecule has 0 aromatic heterocycles. The molecule has 0 saturated heterocycles. The third-order valence-corrected chi connectivity index (χ3v) is 4.38. The Morgan fingerprint density at radius 2 is 1.72 bits per heavy atom. The molecule has 2 aromatic carbocycles. The van der Waals surface area contributed by atoms with E-state index in [0.29, 0.717) is 6.42 Å². The van der Waals surface area contributed by atoms with Gasteiger partial charge in [-0.1, -0.05) is 48.5 Å². The Morgan fingerprint density at radius 3 is 2.36 bits per heavy atom. The molecular formula is C20H20N2O3. The van der Waals surface area contributed by atoms with Crippen molar-refractivity contribution < 1.29 is 14.3 Å². The predicted octanol–water partition coefficient (Wildman–Crippen LogP) is 3.39. The number of para-hydroxylation sites is 1.